The maximum atomic E-state index is 14.2. The van der Waals surface area contributed by atoms with Crippen molar-refractivity contribution in [2.75, 3.05) is 12.3 Å². The highest BCUT2D eigenvalue weighted by Crippen LogP contribution is 2.51. The number of nitrogens with one attached hydrogen (secondary N) is 1. The third-order valence-corrected chi connectivity index (χ3v) is 10.2. The number of anilines is 1. The van der Waals surface area contributed by atoms with E-state index in [1.807, 2.05) is 110 Å². The van der Waals surface area contributed by atoms with Crippen LogP contribution in [0.25, 0.3) is 22.3 Å². The van der Waals surface area contributed by atoms with Crippen LogP contribution >= 0.6 is 0 Å². The molecule has 54 heavy (non-hydrogen) atoms. The minimum atomic E-state index is -1.28. The number of benzene rings is 4. The van der Waals surface area contributed by atoms with Gasteiger partial charge in [0.25, 0.3) is 5.91 Å². The molecule has 2 saturated heterocycles. The van der Waals surface area contributed by atoms with E-state index in [2.05, 4.69) is 32.4 Å². The Kier molecular flexibility index (Phi) is 8.33. The van der Waals surface area contributed by atoms with Crippen molar-refractivity contribution in [2.45, 2.75) is 69.7 Å². The molecule has 274 valence electrons. The molecule has 6 aromatic rings. The highest BCUT2D eigenvalue weighted by molar-refractivity contribution is 5.99. The van der Waals surface area contributed by atoms with E-state index in [9.17, 15) is 4.79 Å². The molecule has 0 spiro atoms. The van der Waals surface area contributed by atoms with Crippen molar-refractivity contribution < 1.29 is 28.5 Å². The molecule has 9 rings (SSSR count). The number of amides is 1. The van der Waals surface area contributed by atoms with E-state index in [1.54, 1.807) is 6.33 Å². The summed E-state index contributed by atoms with van der Waals surface area (Å²) in [5.41, 5.74) is 12.1. The number of aromatic nitrogens is 4. The fourth-order valence-corrected chi connectivity index (χ4v) is 7.67. The van der Waals surface area contributed by atoms with Gasteiger partial charge in [-0.3, -0.25) is 9.36 Å². The molecule has 4 atom stereocenters. The predicted octanol–water partition coefficient (Wildman–Crippen LogP) is 6.68. The van der Waals surface area contributed by atoms with Crippen LogP contribution in [0.1, 0.15) is 60.0 Å². The van der Waals surface area contributed by atoms with Gasteiger partial charge in [-0.2, -0.15) is 0 Å². The lowest BCUT2D eigenvalue weighted by Crippen LogP contribution is -2.37. The smallest absolute Gasteiger partial charge is 0.305 e. The lowest BCUT2D eigenvalue weighted by molar-refractivity contribution is -0.197. The van der Waals surface area contributed by atoms with Crippen LogP contribution in [0, 0.1) is 6.92 Å². The van der Waals surface area contributed by atoms with Gasteiger partial charge in [0.15, 0.2) is 35.0 Å². The summed E-state index contributed by atoms with van der Waals surface area (Å²) in [6.07, 6.45) is 2.71. The first kappa shape index (κ1) is 34.0. The molecular formula is C42H40N6O6. The first-order valence-corrected chi connectivity index (χ1v) is 18.2. The monoisotopic (exact) mass is 724 g/mol. The Hall–Kier alpha value is -5.82. The number of carbonyl (C=O) groups is 1. The quantitative estimate of drug-likeness (QED) is 0.155. The van der Waals surface area contributed by atoms with E-state index in [0.29, 0.717) is 53.4 Å². The number of fused-ring (bicyclic) bond motifs is 3. The van der Waals surface area contributed by atoms with Gasteiger partial charge in [-0.25, -0.2) is 15.0 Å². The highest BCUT2D eigenvalue weighted by atomic mass is 16.8. The largest absolute Gasteiger partial charge is 0.440 e. The second-order valence-corrected chi connectivity index (χ2v) is 14.4. The fraction of sp³-hybridized carbons (Fsp3) is 0.286. The van der Waals surface area contributed by atoms with Crippen LogP contribution in [0.4, 0.5) is 5.82 Å². The molecule has 4 aromatic carbocycles. The van der Waals surface area contributed by atoms with Gasteiger partial charge in [-0.1, -0.05) is 90.5 Å². The van der Waals surface area contributed by atoms with Gasteiger partial charge in [0.05, 0.1) is 18.0 Å². The van der Waals surface area contributed by atoms with Crippen molar-refractivity contribution in [2.24, 2.45) is 0 Å². The molecule has 0 aliphatic carbocycles. The number of imidazole rings is 1. The van der Waals surface area contributed by atoms with Gasteiger partial charge in [0, 0.05) is 17.7 Å². The van der Waals surface area contributed by atoms with Crippen LogP contribution in [0.3, 0.4) is 0 Å². The standard InChI is InChI=1S/C42H40N6O6/c1-25-16-18-26(19-17-25)27-21-30(34-32(22-27)51-42(54-34,28-11-6-4-7-12-28)29-13-8-5-9-14-29)39(49)44-20-10-15-31-35-36(53-41(2,3)52-35)40(50-31)48-24-47-33-37(43)45-23-46-38(33)48/h4-9,11-14,16-19,21-24,31,35-36,40H,10,15,20H2,1-3H3,(H,44,49)(H2,43,45,46)/t31-,35?,36?,40-/m1/s1. The van der Waals surface area contributed by atoms with Gasteiger partial charge < -0.3 is 34.7 Å². The minimum Gasteiger partial charge on any atom is -0.440 e. The first-order chi connectivity index (χ1) is 26.2. The van der Waals surface area contributed by atoms with Crippen molar-refractivity contribution in [3.8, 4) is 22.6 Å². The first-order valence-electron chi connectivity index (χ1n) is 18.2. The Morgan fingerprint density at radius 3 is 2.28 bits per heavy atom. The van der Waals surface area contributed by atoms with E-state index in [4.69, 9.17) is 29.4 Å². The molecule has 2 fully saturated rings. The van der Waals surface area contributed by atoms with Crippen molar-refractivity contribution in [1.29, 1.82) is 0 Å². The Morgan fingerprint density at radius 2 is 1.56 bits per heavy atom. The van der Waals surface area contributed by atoms with Gasteiger partial charge in [-0.15, -0.1) is 0 Å². The fourth-order valence-electron chi connectivity index (χ4n) is 7.67. The summed E-state index contributed by atoms with van der Waals surface area (Å²) in [7, 11) is 0. The maximum absolute atomic E-state index is 14.2. The number of hydrogen-bond acceptors (Lipinski definition) is 10. The van der Waals surface area contributed by atoms with Crippen molar-refractivity contribution >= 4 is 22.9 Å². The number of rotatable bonds is 9. The Balaban J connectivity index is 0.967. The molecule has 12 heteroatoms. The van der Waals surface area contributed by atoms with Crippen LogP contribution in [0.5, 0.6) is 11.5 Å². The summed E-state index contributed by atoms with van der Waals surface area (Å²) in [5, 5.41) is 3.14. The number of nitrogen functional groups attached to an aromatic ring is 1. The maximum Gasteiger partial charge on any atom is 0.305 e. The molecule has 2 aromatic heterocycles. The molecule has 3 N–H and O–H groups in total. The molecule has 0 saturated carbocycles. The minimum absolute atomic E-state index is 0.271. The molecular weight excluding hydrogens is 684 g/mol. The summed E-state index contributed by atoms with van der Waals surface area (Å²) in [6, 6.07) is 31.6. The molecule has 2 unspecified atom stereocenters. The molecule has 1 amide bonds. The zero-order valence-electron chi connectivity index (χ0n) is 30.1. The van der Waals surface area contributed by atoms with Gasteiger partial charge in [0.1, 0.15) is 24.1 Å². The average molecular weight is 725 g/mol. The number of carbonyl (C=O) groups excluding carboxylic acids is 1. The van der Waals surface area contributed by atoms with E-state index < -0.39 is 23.9 Å². The Bertz CT molecular complexity index is 2290. The Morgan fingerprint density at radius 1 is 0.852 bits per heavy atom. The van der Waals surface area contributed by atoms with Crippen molar-refractivity contribution in [3.63, 3.8) is 0 Å². The van der Waals surface area contributed by atoms with E-state index >= 15 is 0 Å². The van der Waals surface area contributed by atoms with Crippen molar-refractivity contribution in [1.82, 2.24) is 24.8 Å². The molecule has 3 aliphatic heterocycles. The van der Waals surface area contributed by atoms with E-state index in [1.165, 1.54) is 6.33 Å². The predicted molar refractivity (Wildman–Crippen MR) is 201 cm³/mol. The molecule has 3 aliphatic rings. The Labute approximate surface area is 312 Å². The number of nitrogens with zero attached hydrogens (tertiary/aromatic N) is 4. The second-order valence-electron chi connectivity index (χ2n) is 14.4. The van der Waals surface area contributed by atoms with Crippen LogP contribution < -0.4 is 20.5 Å². The van der Waals surface area contributed by atoms with Crippen LogP contribution in [-0.4, -0.2) is 56.1 Å². The van der Waals surface area contributed by atoms with E-state index in [0.717, 1.165) is 27.8 Å². The number of nitrogens with two attached hydrogens (primary N) is 1. The molecule has 0 bridgehead atoms. The lowest BCUT2D eigenvalue weighted by atomic mass is 9.97. The summed E-state index contributed by atoms with van der Waals surface area (Å²) < 4.78 is 34.7. The van der Waals surface area contributed by atoms with Crippen LogP contribution in [0.2, 0.25) is 0 Å². The third-order valence-electron chi connectivity index (χ3n) is 10.2. The molecule has 0 radical (unpaired) electrons. The number of hydrogen-bond donors (Lipinski definition) is 2. The summed E-state index contributed by atoms with van der Waals surface area (Å²) in [4.78, 5) is 27.1. The van der Waals surface area contributed by atoms with Gasteiger partial charge in [-0.05, 0) is 56.9 Å². The van der Waals surface area contributed by atoms with Gasteiger partial charge in [0.2, 0.25) is 0 Å². The topological polar surface area (TPSA) is 145 Å². The highest BCUT2D eigenvalue weighted by Gasteiger charge is 2.56. The molecule has 5 heterocycles. The second kappa shape index (κ2) is 13.2. The van der Waals surface area contributed by atoms with E-state index in [-0.39, 0.29) is 18.1 Å². The normalized spacial score (nSPS) is 22.0. The number of ether oxygens (including phenoxy) is 5. The zero-order chi connectivity index (χ0) is 37.0. The van der Waals surface area contributed by atoms with Crippen molar-refractivity contribution in [3.05, 3.63) is 132 Å². The zero-order valence-corrected chi connectivity index (χ0v) is 30.1. The lowest BCUT2D eigenvalue weighted by Gasteiger charge is -2.28. The third kappa shape index (κ3) is 5.92. The summed E-state index contributed by atoms with van der Waals surface area (Å²) in [6.45, 7) is 6.22. The summed E-state index contributed by atoms with van der Waals surface area (Å²) in [5.74, 6) is -1.18. The summed E-state index contributed by atoms with van der Waals surface area (Å²) >= 11 is 0. The SMILES string of the molecule is Cc1ccc(-c2cc3c(c(C(=O)NCCC[C@H]4O[C@@H](n5cnc6c(N)ncnc65)C5OC(C)(C)OC54)c2)OC(c2ccccc2)(c2ccccc2)O3)cc1. The van der Waals surface area contributed by atoms with Gasteiger partial charge >= 0.3 is 5.79 Å². The average Bonchev–Trinajstić information content (AvgIpc) is 3.95. The van der Waals surface area contributed by atoms with Crippen LogP contribution in [-0.2, 0) is 20.0 Å². The number of aryl methyl sites for hydroxylation is 1. The molecule has 12 nitrogen and oxygen atoms in total. The van der Waals surface area contributed by atoms with Crippen LogP contribution in [0.15, 0.2) is 110 Å².